The molecule has 0 bridgehead atoms. The lowest BCUT2D eigenvalue weighted by Gasteiger charge is -2.30. The maximum atomic E-state index is 14.2. The van der Waals surface area contributed by atoms with E-state index in [1.54, 1.807) is 12.4 Å². The molecule has 8 heteroatoms. The van der Waals surface area contributed by atoms with Crippen LogP contribution < -0.4 is 15.1 Å². The molecule has 0 radical (unpaired) electrons. The second-order valence-corrected chi connectivity index (χ2v) is 8.59. The Bertz CT molecular complexity index is 1230. The Morgan fingerprint density at radius 2 is 1.79 bits per heavy atom. The number of nitrogens with zero attached hydrogens (tertiary/aromatic N) is 3. The van der Waals surface area contributed by atoms with Crippen LogP contribution >= 0.6 is 0 Å². The molecule has 6 nitrogen and oxygen atoms in total. The fraction of sp³-hybridized carbons (Fsp3) is 0.320. The first kappa shape index (κ1) is 21.3. The summed E-state index contributed by atoms with van der Waals surface area (Å²) in [6, 6.07) is 8.90. The van der Waals surface area contributed by atoms with E-state index in [4.69, 9.17) is 0 Å². The summed E-state index contributed by atoms with van der Waals surface area (Å²) >= 11 is 0. The van der Waals surface area contributed by atoms with E-state index < -0.39 is 17.6 Å². The standard InChI is InChI=1S/C25H24F2N4O2/c26-17-4-6-23(20(27)13-17)31-15-16(12-24(31)32)25(33)29-21-5-7-22(30-10-2-1-3-11-30)18-8-9-28-14-19(18)21/h4-9,13-14,16H,1-3,10-12,15H2,(H,29,33). The van der Waals surface area contributed by atoms with E-state index in [0.717, 1.165) is 54.5 Å². The highest BCUT2D eigenvalue weighted by atomic mass is 19.1. The fourth-order valence-electron chi connectivity index (χ4n) is 4.74. The van der Waals surface area contributed by atoms with Crippen LogP contribution in [-0.4, -0.2) is 36.4 Å². The average Bonchev–Trinajstić information content (AvgIpc) is 3.21. The quantitative estimate of drug-likeness (QED) is 0.636. The zero-order chi connectivity index (χ0) is 22.9. The smallest absolute Gasteiger partial charge is 0.229 e. The predicted octanol–water partition coefficient (Wildman–Crippen LogP) is 4.49. The van der Waals surface area contributed by atoms with E-state index in [0.29, 0.717) is 5.69 Å². The van der Waals surface area contributed by atoms with E-state index in [-0.39, 0.29) is 30.5 Å². The minimum Gasteiger partial charge on any atom is -0.371 e. The number of aromatic nitrogens is 1. The van der Waals surface area contributed by atoms with Gasteiger partial charge in [0.2, 0.25) is 11.8 Å². The highest BCUT2D eigenvalue weighted by Crippen LogP contribution is 2.34. The second-order valence-electron chi connectivity index (χ2n) is 8.59. The van der Waals surface area contributed by atoms with Gasteiger partial charge in [0, 0.05) is 61.0 Å². The molecule has 0 saturated carbocycles. The van der Waals surface area contributed by atoms with E-state index >= 15 is 0 Å². The van der Waals surface area contributed by atoms with Crippen LogP contribution in [0.4, 0.5) is 25.8 Å². The van der Waals surface area contributed by atoms with E-state index in [2.05, 4.69) is 15.2 Å². The largest absolute Gasteiger partial charge is 0.371 e. The van der Waals surface area contributed by atoms with Crippen molar-refractivity contribution in [2.24, 2.45) is 5.92 Å². The molecular formula is C25H24F2N4O2. The summed E-state index contributed by atoms with van der Waals surface area (Å²) in [5, 5.41) is 4.79. The number of pyridine rings is 1. The van der Waals surface area contributed by atoms with Gasteiger partial charge in [-0.05, 0) is 49.6 Å². The van der Waals surface area contributed by atoms with Gasteiger partial charge < -0.3 is 15.1 Å². The van der Waals surface area contributed by atoms with Gasteiger partial charge in [-0.2, -0.15) is 0 Å². The van der Waals surface area contributed by atoms with Crippen LogP contribution in [0.1, 0.15) is 25.7 Å². The molecule has 2 fully saturated rings. The normalized spacial score (nSPS) is 18.7. The van der Waals surface area contributed by atoms with Crippen molar-refractivity contribution < 1.29 is 18.4 Å². The Morgan fingerprint density at radius 1 is 1.00 bits per heavy atom. The molecule has 0 spiro atoms. The van der Waals surface area contributed by atoms with E-state index in [1.165, 1.54) is 17.4 Å². The maximum absolute atomic E-state index is 14.2. The van der Waals surface area contributed by atoms with Gasteiger partial charge in [-0.1, -0.05) is 0 Å². The highest BCUT2D eigenvalue weighted by Gasteiger charge is 2.36. The minimum atomic E-state index is -0.824. The van der Waals surface area contributed by atoms with Gasteiger partial charge in [-0.15, -0.1) is 0 Å². The van der Waals surface area contributed by atoms with Crippen LogP contribution in [0, 0.1) is 17.6 Å². The molecule has 170 valence electrons. The van der Waals surface area contributed by atoms with Gasteiger partial charge in [0.25, 0.3) is 0 Å². The van der Waals surface area contributed by atoms with Gasteiger partial charge in [0.05, 0.1) is 17.3 Å². The molecule has 0 aliphatic carbocycles. The number of hydrogen-bond donors (Lipinski definition) is 1. The van der Waals surface area contributed by atoms with Crippen molar-refractivity contribution in [1.29, 1.82) is 0 Å². The van der Waals surface area contributed by atoms with Crippen molar-refractivity contribution in [3.8, 4) is 0 Å². The maximum Gasteiger partial charge on any atom is 0.229 e. The number of hydrogen-bond acceptors (Lipinski definition) is 4. The number of rotatable bonds is 4. The second kappa shape index (κ2) is 8.77. The number of anilines is 3. The van der Waals surface area contributed by atoms with Crippen molar-refractivity contribution >= 4 is 39.6 Å². The Kier molecular flexibility index (Phi) is 5.66. The summed E-state index contributed by atoms with van der Waals surface area (Å²) in [6.45, 7) is 2.04. The third-order valence-electron chi connectivity index (χ3n) is 6.45. The number of benzene rings is 2. The van der Waals surface area contributed by atoms with Crippen LogP contribution in [0.2, 0.25) is 0 Å². The summed E-state index contributed by atoms with van der Waals surface area (Å²) < 4.78 is 27.4. The molecule has 33 heavy (non-hydrogen) atoms. The summed E-state index contributed by atoms with van der Waals surface area (Å²) in [5.74, 6) is -2.87. The van der Waals surface area contributed by atoms with Crippen molar-refractivity contribution in [2.75, 3.05) is 34.8 Å². The Morgan fingerprint density at radius 3 is 2.58 bits per heavy atom. The van der Waals surface area contributed by atoms with Gasteiger partial charge in [-0.3, -0.25) is 14.6 Å². The van der Waals surface area contributed by atoms with Crippen LogP contribution in [0.5, 0.6) is 0 Å². The molecule has 2 amide bonds. The highest BCUT2D eigenvalue weighted by molar-refractivity contribution is 6.09. The molecule has 1 N–H and O–H groups in total. The monoisotopic (exact) mass is 450 g/mol. The van der Waals surface area contributed by atoms with Crippen molar-refractivity contribution in [3.63, 3.8) is 0 Å². The number of halogens is 2. The number of carbonyl (C=O) groups is 2. The van der Waals surface area contributed by atoms with Gasteiger partial charge in [-0.25, -0.2) is 8.78 Å². The lowest BCUT2D eigenvalue weighted by atomic mass is 10.0. The number of nitrogens with one attached hydrogen (secondary N) is 1. The first-order valence-electron chi connectivity index (χ1n) is 11.2. The lowest BCUT2D eigenvalue weighted by Crippen LogP contribution is -2.30. The van der Waals surface area contributed by atoms with Crippen LogP contribution in [0.25, 0.3) is 10.8 Å². The lowest BCUT2D eigenvalue weighted by molar-refractivity contribution is -0.122. The van der Waals surface area contributed by atoms with Crippen LogP contribution in [-0.2, 0) is 9.59 Å². The summed E-state index contributed by atoms with van der Waals surface area (Å²) in [7, 11) is 0. The first-order chi connectivity index (χ1) is 16.0. The van der Waals surface area contributed by atoms with Crippen LogP contribution in [0.3, 0.4) is 0 Å². The average molecular weight is 450 g/mol. The molecule has 2 aliphatic rings. The molecule has 2 saturated heterocycles. The minimum absolute atomic E-state index is 0.0164. The van der Waals surface area contributed by atoms with Crippen molar-refractivity contribution in [1.82, 2.24) is 4.98 Å². The molecule has 1 unspecified atom stereocenters. The van der Waals surface area contributed by atoms with Crippen molar-refractivity contribution in [3.05, 3.63) is 60.4 Å². The van der Waals surface area contributed by atoms with Gasteiger partial charge in [0.1, 0.15) is 11.6 Å². The first-order valence-corrected chi connectivity index (χ1v) is 11.2. The number of fused-ring (bicyclic) bond motifs is 1. The topological polar surface area (TPSA) is 65.5 Å². The Labute approximate surface area is 190 Å². The zero-order valence-corrected chi connectivity index (χ0v) is 18.1. The summed E-state index contributed by atoms with van der Waals surface area (Å²) in [6.07, 6.45) is 7.00. The third-order valence-corrected chi connectivity index (χ3v) is 6.45. The summed E-state index contributed by atoms with van der Waals surface area (Å²) in [5.41, 5.74) is 1.74. The molecular weight excluding hydrogens is 426 g/mol. The predicted molar refractivity (Wildman–Crippen MR) is 123 cm³/mol. The SMILES string of the molecule is O=C(Nc1ccc(N2CCCCC2)c2ccncc12)C1CC(=O)N(c2ccc(F)cc2F)C1. The van der Waals surface area contributed by atoms with Gasteiger partial charge >= 0.3 is 0 Å². The Hall–Kier alpha value is -3.55. The molecule has 1 aromatic heterocycles. The zero-order valence-electron chi connectivity index (χ0n) is 18.1. The van der Waals surface area contributed by atoms with E-state index in [1.807, 2.05) is 18.2 Å². The number of carbonyl (C=O) groups excluding carboxylic acids is 2. The molecule has 3 aromatic rings. The Balaban J connectivity index is 1.37. The summed E-state index contributed by atoms with van der Waals surface area (Å²) in [4.78, 5) is 33.3. The molecule has 5 rings (SSSR count). The third kappa shape index (κ3) is 4.13. The number of amides is 2. The molecule has 2 aromatic carbocycles. The number of piperidine rings is 1. The molecule has 3 heterocycles. The van der Waals surface area contributed by atoms with E-state index in [9.17, 15) is 18.4 Å². The van der Waals surface area contributed by atoms with Crippen LogP contribution in [0.15, 0.2) is 48.8 Å². The molecule has 1 atom stereocenters. The van der Waals surface area contributed by atoms with Crippen molar-refractivity contribution in [2.45, 2.75) is 25.7 Å². The van der Waals surface area contributed by atoms with Gasteiger partial charge in [0.15, 0.2) is 0 Å². The molecule has 2 aliphatic heterocycles. The fourth-order valence-corrected chi connectivity index (χ4v) is 4.74.